The summed E-state index contributed by atoms with van der Waals surface area (Å²) < 4.78 is 5.12. The van der Waals surface area contributed by atoms with Gasteiger partial charge in [-0.1, -0.05) is 19.1 Å². The van der Waals surface area contributed by atoms with Crippen LogP contribution in [0.3, 0.4) is 0 Å². The van der Waals surface area contributed by atoms with Crippen LogP contribution in [0.4, 0.5) is 0 Å². The molecule has 0 amide bonds. The number of rotatable bonds is 6. The molecule has 0 saturated carbocycles. The molecule has 0 aromatic heterocycles. The zero-order valence-electron chi connectivity index (χ0n) is 10.5. The second kappa shape index (κ2) is 8.14. The molecule has 3 nitrogen and oxygen atoms in total. The molecule has 0 radical (unpaired) electrons. The van der Waals surface area contributed by atoms with Gasteiger partial charge in [0.05, 0.1) is 18.7 Å². The fraction of sp³-hybridized carbons (Fsp3) is 0.462. The standard InChI is InChI=1S/C13H20N2OS/c1-3-13(17-9-8-14)15-10-11-4-6-12(16-2)7-5-11/h4-7H,3,8-10,14H2,1-2H3. The average Bonchev–Trinajstić information content (AvgIpc) is 2.39. The van der Waals surface area contributed by atoms with Crippen LogP contribution in [0, 0.1) is 0 Å². The maximum atomic E-state index is 5.48. The Morgan fingerprint density at radius 2 is 2.06 bits per heavy atom. The van der Waals surface area contributed by atoms with Gasteiger partial charge in [-0.3, -0.25) is 4.99 Å². The van der Waals surface area contributed by atoms with Crippen LogP contribution in [0.1, 0.15) is 18.9 Å². The Kier molecular flexibility index (Phi) is 6.74. The molecule has 1 aromatic carbocycles. The molecule has 0 aliphatic rings. The van der Waals surface area contributed by atoms with E-state index >= 15 is 0 Å². The molecular weight excluding hydrogens is 232 g/mol. The van der Waals surface area contributed by atoms with Gasteiger partial charge in [0.15, 0.2) is 0 Å². The van der Waals surface area contributed by atoms with Crippen LogP contribution in [0.5, 0.6) is 5.75 Å². The van der Waals surface area contributed by atoms with Gasteiger partial charge in [0.2, 0.25) is 0 Å². The van der Waals surface area contributed by atoms with Crippen LogP contribution < -0.4 is 10.5 Å². The van der Waals surface area contributed by atoms with Gasteiger partial charge in [0.1, 0.15) is 5.75 Å². The van der Waals surface area contributed by atoms with Crippen molar-refractivity contribution in [2.45, 2.75) is 19.9 Å². The van der Waals surface area contributed by atoms with Crippen LogP contribution in [-0.4, -0.2) is 24.5 Å². The molecule has 4 heteroatoms. The molecule has 0 bridgehead atoms. The lowest BCUT2D eigenvalue weighted by atomic mass is 10.2. The van der Waals surface area contributed by atoms with Gasteiger partial charge < -0.3 is 10.5 Å². The third-order valence-electron chi connectivity index (χ3n) is 2.29. The zero-order chi connectivity index (χ0) is 12.5. The molecule has 1 aromatic rings. The van der Waals surface area contributed by atoms with Crippen LogP contribution >= 0.6 is 11.8 Å². The Morgan fingerprint density at radius 3 is 2.59 bits per heavy atom. The van der Waals surface area contributed by atoms with Crippen molar-refractivity contribution < 1.29 is 4.74 Å². The summed E-state index contributed by atoms with van der Waals surface area (Å²) >= 11 is 1.75. The molecule has 2 N–H and O–H groups in total. The molecule has 94 valence electrons. The van der Waals surface area contributed by atoms with Crippen molar-refractivity contribution in [2.75, 3.05) is 19.4 Å². The first-order chi connectivity index (χ1) is 8.30. The summed E-state index contributed by atoms with van der Waals surface area (Å²) in [7, 11) is 1.67. The van der Waals surface area contributed by atoms with Gasteiger partial charge in [-0.25, -0.2) is 0 Å². The number of aliphatic imine (C=N–C) groups is 1. The average molecular weight is 252 g/mol. The molecule has 0 spiro atoms. The first-order valence-corrected chi connectivity index (χ1v) is 6.77. The maximum absolute atomic E-state index is 5.48. The lowest BCUT2D eigenvalue weighted by Crippen LogP contribution is -2.04. The monoisotopic (exact) mass is 252 g/mol. The summed E-state index contributed by atoms with van der Waals surface area (Å²) in [4.78, 5) is 4.59. The van der Waals surface area contributed by atoms with E-state index in [1.54, 1.807) is 18.9 Å². The molecule has 0 aliphatic carbocycles. The van der Waals surface area contributed by atoms with Gasteiger partial charge in [-0.2, -0.15) is 0 Å². The molecule has 0 heterocycles. The summed E-state index contributed by atoms with van der Waals surface area (Å²) in [5, 5.41) is 1.17. The molecule has 1 rings (SSSR count). The molecule has 17 heavy (non-hydrogen) atoms. The minimum absolute atomic E-state index is 0.701. The summed E-state index contributed by atoms with van der Waals surface area (Å²) in [6.45, 7) is 3.55. The largest absolute Gasteiger partial charge is 0.497 e. The van der Waals surface area contributed by atoms with Crippen molar-refractivity contribution in [3.05, 3.63) is 29.8 Å². The fourth-order valence-electron chi connectivity index (χ4n) is 1.35. The van der Waals surface area contributed by atoms with Crippen molar-refractivity contribution in [1.82, 2.24) is 0 Å². The molecular formula is C13H20N2OS. The first kappa shape index (κ1) is 14.1. The second-order valence-electron chi connectivity index (χ2n) is 3.55. The van der Waals surface area contributed by atoms with Gasteiger partial charge in [-0.05, 0) is 24.1 Å². The van der Waals surface area contributed by atoms with Crippen molar-refractivity contribution in [3.8, 4) is 5.75 Å². The van der Waals surface area contributed by atoms with E-state index in [1.807, 2.05) is 24.3 Å². The maximum Gasteiger partial charge on any atom is 0.118 e. The van der Waals surface area contributed by atoms with E-state index < -0.39 is 0 Å². The first-order valence-electron chi connectivity index (χ1n) is 5.79. The molecule has 0 aliphatic heterocycles. The topological polar surface area (TPSA) is 47.6 Å². The van der Waals surface area contributed by atoms with E-state index in [0.29, 0.717) is 6.54 Å². The third kappa shape index (κ3) is 5.24. The predicted molar refractivity (Wildman–Crippen MR) is 75.9 cm³/mol. The van der Waals surface area contributed by atoms with Gasteiger partial charge in [0.25, 0.3) is 0 Å². The summed E-state index contributed by atoms with van der Waals surface area (Å²) in [5.74, 6) is 1.82. The minimum atomic E-state index is 0.701. The third-order valence-corrected chi connectivity index (χ3v) is 3.48. The number of hydrogen-bond acceptors (Lipinski definition) is 4. The van der Waals surface area contributed by atoms with E-state index in [4.69, 9.17) is 10.5 Å². The number of methoxy groups -OCH3 is 1. The Labute approximate surface area is 107 Å². The summed E-state index contributed by atoms with van der Waals surface area (Å²) in [6, 6.07) is 8.01. The van der Waals surface area contributed by atoms with Crippen molar-refractivity contribution in [1.29, 1.82) is 0 Å². The summed E-state index contributed by atoms with van der Waals surface area (Å²) in [5.41, 5.74) is 6.68. The van der Waals surface area contributed by atoms with Crippen LogP contribution in [0.2, 0.25) is 0 Å². The highest BCUT2D eigenvalue weighted by Crippen LogP contribution is 2.13. The second-order valence-corrected chi connectivity index (χ2v) is 4.72. The molecule has 0 unspecified atom stereocenters. The number of thioether (sulfide) groups is 1. The smallest absolute Gasteiger partial charge is 0.118 e. The van der Waals surface area contributed by atoms with Crippen molar-refractivity contribution in [2.24, 2.45) is 10.7 Å². The highest BCUT2D eigenvalue weighted by Gasteiger charge is 1.97. The van der Waals surface area contributed by atoms with E-state index in [9.17, 15) is 0 Å². The van der Waals surface area contributed by atoms with E-state index in [0.717, 1.165) is 24.5 Å². The Hall–Kier alpha value is -1.00. The quantitative estimate of drug-likeness (QED) is 0.625. The number of benzene rings is 1. The zero-order valence-corrected chi connectivity index (χ0v) is 11.3. The van der Waals surface area contributed by atoms with Crippen LogP contribution in [0.15, 0.2) is 29.3 Å². The highest BCUT2D eigenvalue weighted by atomic mass is 32.2. The fourth-order valence-corrected chi connectivity index (χ4v) is 2.06. The minimum Gasteiger partial charge on any atom is -0.497 e. The van der Waals surface area contributed by atoms with Crippen molar-refractivity contribution >= 4 is 16.8 Å². The molecule has 0 atom stereocenters. The number of nitrogens with two attached hydrogens (primary N) is 1. The normalized spacial score (nSPS) is 11.6. The summed E-state index contributed by atoms with van der Waals surface area (Å²) in [6.07, 6.45) is 0.973. The highest BCUT2D eigenvalue weighted by molar-refractivity contribution is 8.13. The molecule has 0 saturated heterocycles. The Balaban J connectivity index is 2.53. The Bertz CT molecular complexity index is 349. The van der Waals surface area contributed by atoms with Crippen molar-refractivity contribution in [3.63, 3.8) is 0 Å². The lowest BCUT2D eigenvalue weighted by Gasteiger charge is -2.04. The number of hydrogen-bond donors (Lipinski definition) is 1. The molecule has 0 fully saturated rings. The van der Waals surface area contributed by atoms with Crippen LogP contribution in [0.25, 0.3) is 0 Å². The van der Waals surface area contributed by atoms with Crippen LogP contribution in [-0.2, 0) is 6.54 Å². The van der Waals surface area contributed by atoms with E-state index in [2.05, 4.69) is 11.9 Å². The van der Waals surface area contributed by atoms with E-state index in [1.165, 1.54) is 10.6 Å². The Morgan fingerprint density at radius 1 is 1.35 bits per heavy atom. The van der Waals surface area contributed by atoms with Gasteiger partial charge in [-0.15, -0.1) is 11.8 Å². The predicted octanol–water partition coefficient (Wildman–Crippen LogP) is 2.70. The van der Waals surface area contributed by atoms with Gasteiger partial charge >= 0.3 is 0 Å². The SMILES string of the molecule is CCC(=NCc1ccc(OC)cc1)SCCN. The van der Waals surface area contributed by atoms with E-state index in [-0.39, 0.29) is 0 Å². The lowest BCUT2D eigenvalue weighted by molar-refractivity contribution is 0.414. The number of ether oxygens (including phenoxy) is 1. The van der Waals surface area contributed by atoms with Gasteiger partial charge in [0, 0.05) is 12.3 Å². The number of nitrogens with zero attached hydrogens (tertiary/aromatic N) is 1.